The number of hydrogen-bond acceptors (Lipinski definition) is 2. The first-order valence-corrected chi connectivity index (χ1v) is 4.08. The molecule has 0 spiro atoms. The highest BCUT2D eigenvalue weighted by atomic mass is 32.2. The van der Waals surface area contributed by atoms with Crippen LogP contribution in [-0.2, 0) is 4.79 Å². The lowest BCUT2D eigenvalue weighted by atomic mass is 10.3. The lowest BCUT2D eigenvalue weighted by Crippen LogP contribution is -2.12. The summed E-state index contributed by atoms with van der Waals surface area (Å²) >= 11 is 0.865. The largest absolute Gasteiger partial charge is 0.288 e. The van der Waals surface area contributed by atoms with E-state index >= 15 is 0 Å². The third-order valence-electron chi connectivity index (χ3n) is 0.972. The van der Waals surface area contributed by atoms with Crippen molar-refractivity contribution in [2.24, 2.45) is 0 Å². The third-order valence-corrected chi connectivity index (χ3v) is 1.82. The lowest BCUT2D eigenvalue weighted by molar-refractivity contribution is -0.109. The summed E-state index contributed by atoms with van der Waals surface area (Å²) in [5, 5.41) is -0.175. The molecule has 0 heterocycles. The molecule has 0 N–H and O–H groups in total. The highest BCUT2D eigenvalue weighted by molar-refractivity contribution is 8.13. The molecule has 1 nitrogen and oxygen atoms in total. The Balaban J connectivity index is 3.31. The number of halogens is 3. The Morgan fingerprint density at radius 3 is 2.36 bits per heavy atom. The summed E-state index contributed by atoms with van der Waals surface area (Å²) in [5.74, 6) is 0.126. The van der Waals surface area contributed by atoms with Gasteiger partial charge < -0.3 is 0 Å². The zero-order valence-electron chi connectivity index (χ0n) is 6.02. The van der Waals surface area contributed by atoms with E-state index in [4.69, 9.17) is 0 Å². The monoisotopic (exact) mass is 186 g/mol. The molecule has 1 unspecified atom stereocenters. The van der Waals surface area contributed by atoms with Crippen molar-refractivity contribution in [1.29, 1.82) is 0 Å². The topological polar surface area (TPSA) is 17.1 Å². The number of thioether (sulfide) groups is 1. The summed E-state index contributed by atoms with van der Waals surface area (Å²) in [6, 6.07) is 0. The van der Waals surface area contributed by atoms with Gasteiger partial charge in [0.15, 0.2) is 11.3 Å². The van der Waals surface area contributed by atoms with Crippen molar-refractivity contribution in [3.05, 3.63) is 0 Å². The van der Waals surface area contributed by atoms with Crippen LogP contribution in [0.2, 0.25) is 0 Å². The van der Waals surface area contributed by atoms with Crippen LogP contribution in [0.1, 0.15) is 13.3 Å². The maximum absolute atomic E-state index is 12.1. The highest BCUT2D eigenvalue weighted by Crippen LogP contribution is 2.13. The Hall–Kier alpha value is -0.190. The fourth-order valence-electron chi connectivity index (χ4n) is 0.441. The molecular weight excluding hydrogens is 177 g/mol. The van der Waals surface area contributed by atoms with Crippen molar-refractivity contribution < 1.29 is 18.0 Å². The van der Waals surface area contributed by atoms with Crippen LogP contribution in [0.25, 0.3) is 0 Å². The average Bonchev–Trinajstić information content (AvgIpc) is 1.86. The molecule has 0 aliphatic heterocycles. The molecule has 5 heteroatoms. The van der Waals surface area contributed by atoms with Crippen LogP contribution >= 0.6 is 11.8 Å². The van der Waals surface area contributed by atoms with Gasteiger partial charge in [-0.15, -0.1) is 0 Å². The van der Waals surface area contributed by atoms with E-state index < -0.39 is 12.6 Å². The van der Waals surface area contributed by atoms with E-state index in [1.165, 1.54) is 6.92 Å². The van der Waals surface area contributed by atoms with Gasteiger partial charge in [-0.2, -0.15) is 0 Å². The van der Waals surface area contributed by atoms with Crippen molar-refractivity contribution in [2.75, 3.05) is 5.75 Å². The van der Waals surface area contributed by atoms with Crippen LogP contribution < -0.4 is 0 Å². The predicted molar refractivity (Wildman–Crippen MR) is 38.7 cm³/mol. The Bertz CT molecular complexity index is 129. The minimum atomic E-state index is -2.93. The SMILES string of the molecule is CC(=O)SCCC(F)C(F)F. The molecule has 0 amide bonds. The molecular formula is C6H9F3OS. The zero-order chi connectivity index (χ0) is 8.85. The van der Waals surface area contributed by atoms with E-state index in [-0.39, 0.29) is 17.3 Å². The normalized spacial score (nSPS) is 13.5. The van der Waals surface area contributed by atoms with Gasteiger partial charge in [0.2, 0.25) is 0 Å². The first kappa shape index (κ1) is 10.8. The smallest absolute Gasteiger partial charge is 0.269 e. The van der Waals surface area contributed by atoms with Gasteiger partial charge in [-0.3, -0.25) is 4.79 Å². The summed E-state index contributed by atoms with van der Waals surface area (Å²) in [6.45, 7) is 1.32. The van der Waals surface area contributed by atoms with Gasteiger partial charge >= 0.3 is 0 Å². The van der Waals surface area contributed by atoms with Gasteiger partial charge in [0.1, 0.15) is 0 Å². The van der Waals surface area contributed by atoms with Crippen molar-refractivity contribution in [1.82, 2.24) is 0 Å². The number of carbonyl (C=O) groups excluding carboxylic acids is 1. The van der Waals surface area contributed by atoms with Gasteiger partial charge in [0, 0.05) is 12.7 Å². The summed E-state index contributed by atoms with van der Waals surface area (Å²) in [6.07, 6.45) is -5.29. The van der Waals surface area contributed by atoms with Crippen LogP contribution in [0, 0.1) is 0 Å². The minimum absolute atomic E-state index is 0.126. The van der Waals surface area contributed by atoms with Gasteiger partial charge in [0.25, 0.3) is 6.43 Å². The molecule has 0 saturated carbocycles. The van der Waals surface area contributed by atoms with Crippen molar-refractivity contribution >= 4 is 16.9 Å². The lowest BCUT2D eigenvalue weighted by Gasteiger charge is -2.04. The fourth-order valence-corrected chi connectivity index (χ4v) is 1.07. The van der Waals surface area contributed by atoms with Crippen LogP contribution in [-0.4, -0.2) is 23.5 Å². The maximum Gasteiger partial charge on any atom is 0.269 e. The molecule has 0 aliphatic carbocycles. The quantitative estimate of drug-likeness (QED) is 0.669. The molecule has 11 heavy (non-hydrogen) atoms. The van der Waals surface area contributed by atoms with E-state index in [9.17, 15) is 18.0 Å². The van der Waals surface area contributed by atoms with Gasteiger partial charge in [0.05, 0.1) is 0 Å². The van der Waals surface area contributed by atoms with Crippen LogP contribution in [0.3, 0.4) is 0 Å². The van der Waals surface area contributed by atoms with Gasteiger partial charge in [-0.25, -0.2) is 13.2 Å². The average molecular weight is 186 g/mol. The van der Waals surface area contributed by atoms with Crippen molar-refractivity contribution in [3.63, 3.8) is 0 Å². The van der Waals surface area contributed by atoms with Crippen molar-refractivity contribution in [2.45, 2.75) is 25.9 Å². The maximum atomic E-state index is 12.1. The molecule has 0 aliphatic rings. The Morgan fingerprint density at radius 1 is 1.45 bits per heavy atom. The molecule has 1 atom stereocenters. The second kappa shape index (κ2) is 5.46. The Kier molecular flexibility index (Phi) is 5.36. The Labute approximate surface area is 67.3 Å². The van der Waals surface area contributed by atoms with Crippen LogP contribution in [0.4, 0.5) is 13.2 Å². The minimum Gasteiger partial charge on any atom is -0.288 e. The van der Waals surface area contributed by atoms with E-state index in [0.717, 1.165) is 11.8 Å². The summed E-state index contributed by atoms with van der Waals surface area (Å²) < 4.78 is 35.1. The molecule has 0 aromatic carbocycles. The summed E-state index contributed by atoms with van der Waals surface area (Å²) in [4.78, 5) is 10.2. The molecule has 0 aromatic heterocycles. The molecule has 66 valence electrons. The van der Waals surface area contributed by atoms with Crippen LogP contribution in [0.15, 0.2) is 0 Å². The van der Waals surface area contributed by atoms with Gasteiger partial charge in [-0.1, -0.05) is 11.8 Å². The van der Waals surface area contributed by atoms with Crippen molar-refractivity contribution in [3.8, 4) is 0 Å². The number of hydrogen-bond donors (Lipinski definition) is 0. The molecule has 0 aromatic rings. The molecule has 0 rings (SSSR count). The van der Waals surface area contributed by atoms with E-state index in [0.29, 0.717) is 0 Å². The summed E-state index contributed by atoms with van der Waals surface area (Å²) in [7, 11) is 0. The molecule has 0 fully saturated rings. The zero-order valence-corrected chi connectivity index (χ0v) is 6.84. The second-order valence-corrected chi connectivity index (χ2v) is 3.25. The second-order valence-electron chi connectivity index (χ2n) is 1.98. The number of carbonyl (C=O) groups is 1. The molecule has 0 bridgehead atoms. The highest BCUT2D eigenvalue weighted by Gasteiger charge is 2.18. The molecule has 0 saturated heterocycles. The molecule has 0 radical (unpaired) electrons. The third kappa shape index (κ3) is 6.22. The standard InChI is InChI=1S/C6H9F3OS/c1-4(10)11-3-2-5(7)6(8)9/h5-6H,2-3H2,1H3. The number of alkyl halides is 3. The fraction of sp³-hybridized carbons (Fsp3) is 0.833. The van der Waals surface area contributed by atoms with Gasteiger partial charge in [-0.05, 0) is 6.42 Å². The predicted octanol–water partition coefficient (Wildman–Crippen LogP) is 2.26. The van der Waals surface area contributed by atoms with E-state index in [1.54, 1.807) is 0 Å². The first-order valence-electron chi connectivity index (χ1n) is 3.09. The Morgan fingerprint density at radius 2 is 2.00 bits per heavy atom. The number of rotatable bonds is 4. The first-order chi connectivity index (χ1) is 5.04. The van der Waals surface area contributed by atoms with E-state index in [1.807, 2.05) is 0 Å². The van der Waals surface area contributed by atoms with Crippen LogP contribution in [0.5, 0.6) is 0 Å². The van der Waals surface area contributed by atoms with E-state index in [2.05, 4.69) is 0 Å². The summed E-state index contributed by atoms with van der Waals surface area (Å²) in [5.41, 5.74) is 0.